The van der Waals surface area contributed by atoms with Crippen molar-refractivity contribution in [3.63, 3.8) is 0 Å². The Bertz CT molecular complexity index is 932. The average Bonchev–Trinajstić information content (AvgIpc) is 3.05. The molecule has 2 unspecified atom stereocenters. The van der Waals surface area contributed by atoms with Crippen molar-refractivity contribution >= 4 is 16.6 Å². The smallest absolute Gasteiger partial charge is 0.159 e. The first-order chi connectivity index (χ1) is 12.1. The highest BCUT2D eigenvalue weighted by Gasteiger charge is 2.30. The van der Waals surface area contributed by atoms with E-state index in [4.69, 9.17) is 4.74 Å². The molecule has 4 rings (SSSR count). The molecule has 0 spiro atoms. The lowest BCUT2D eigenvalue weighted by Gasteiger charge is -2.22. The second-order valence-corrected chi connectivity index (χ2v) is 6.02. The van der Waals surface area contributed by atoms with Gasteiger partial charge in [0.15, 0.2) is 11.6 Å². The summed E-state index contributed by atoms with van der Waals surface area (Å²) < 4.78 is 45.8. The summed E-state index contributed by atoms with van der Waals surface area (Å²) in [5.74, 6) is -2.12. The molecule has 0 aliphatic carbocycles. The summed E-state index contributed by atoms with van der Waals surface area (Å²) in [7, 11) is 0. The van der Waals surface area contributed by atoms with E-state index >= 15 is 0 Å². The highest BCUT2D eigenvalue weighted by molar-refractivity contribution is 5.91. The number of rotatable bonds is 3. The van der Waals surface area contributed by atoms with Crippen LogP contribution in [-0.4, -0.2) is 17.6 Å². The number of aromatic nitrogens is 1. The maximum Gasteiger partial charge on any atom is 0.159 e. The molecule has 1 N–H and O–H groups in total. The minimum atomic E-state index is -0.892. The summed E-state index contributed by atoms with van der Waals surface area (Å²) in [5, 5.41) is 4.17. The Hall–Kier alpha value is -2.60. The molecule has 1 fully saturated rings. The maximum atomic E-state index is 13.5. The van der Waals surface area contributed by atoms with E-state index in [2.05, 4.69) is 10.3 Å². The minimum absolute atomic E-state index is 0.111. The van der Waals surface area contributed by atoms with Crippen molar-refractivity contribution in [3.05, 3.63) is 71.7 Å². The molecule has 0 bridgehead atoms. The number of hydrogen-bond acceptors (Lipinski definition) is 3. The van der Waals surface area contributed by atoms with Gasteiger partial charge < -0.3 is 10.1 Å². The van der Waals surface area contributed by atoms with E-state index < -0.39 is 17.7 Å². The van der Waals surface area contributed by atoms with Crippen LogP contribution in [0, 0.1) is 17.5 Å². The Kier molecular flexibility index (Phi) is 4.05. The lowest BCUT2D eigenvalue weighted by atomic mass is 10.0. The summed E-state index contributed by atoms with van der Waals surface area (Å²) in [6, 6.07) is 9.92. The molecule has 1 aliphatic heterocycles. The molecule has 25 heavy (non-hydrogen) atoms. The number of halogens is 3. The van der Waals surface area contributed by atoms with Crippen LogP contribution in [0.2, 0.25) is 0 Å². The van der Waals surface area contributed by atoms with Crippen LogP contribution in [0.1, 0.15) is 18.1 Å². The van der Waals surface area contributed by atoms with Gasteiger partial charge >= 0.3 is 0 Å². The van der Waals surface area contributed by atoms with Gasteiger partial charge in [-0.15, -0.1) is 0 Å². The number of fused-ring (bicyclic) bond motifs is 1. The first kappa shape index (κ1) is 15.9. The lowest BCUT2D eigenvalue weighted by molar-refractivity contribution is 0.107. The highest BCUT2D eigenvalue weighted by atomic mass is 19.2. The Balaban J connectivity index is 1.64. The molecular weight excluding hydrogens is 329 g/mol. The van der Waals surface area contributed by atoms with Crippen LogP contribution in [0.5, 0.6) is 0 Å². The van der Waals surface area contributed by atoms with E-state index in [1.165, 1.54) is 24.3 Å². The van der Waals surface area contributed by atoms with Crippen LogP contribution in [0.4, 0.5) is 18.9 Å². The van der Waals surface area contributed by atoms with E-state index in [0.29, 0.717) is 24.1 Å². The number of hydrogen-bond donors (Lipinski definition) is 1. The Morgan fingerprint density at radius 3 is 2.72 bits per heavy atom. The van der Waals surface area contributed by atoms with Gasteiger partial charge in [0.2, 0.25) is 0 Å². The predicted molar refractivity (Wildman–Crippen MR) is 88.8 cm³/mol. The van der Waals surface area contributed by atoms with Crippen LogP contribution in [0.3, 0.4) is 0 Å². The number of ether oxygens (including phenoxy) is 1. The molecule has 3 nitrogen and oxygen atoms in total. The molecule has 3 aromatic rings. The molecule has 1 aliphatic rings. The summed E-state index contributed by atoms with van der Waals surface area (Å²) in [5.41, 5.74) is 1.93. The second kappa shape index (κ2) is 6.37. The number of benzene rings is 2. The molecule has 0 amide bonds. The third-order valence-electron chi connectivity index (χ3n) is 4.41. The van der Waals surface area contributed by atoms with Crippen molar-refractivity contribution < 1.29 is 17.9 Å². The molecule has 0 saturated carbocycles. The van der Waals surface area contributed by atoms with Gasteiger partial charge in [-0.25, -0.2) is 13.2 Å². The fourth-order valence-corrected chi connectivity index (χ4v) is 3.20. The second-order valence-electron chi connectivity index (χ2n) is 6.02. The van der Waals surface area contributed by atoms with Gasteiger partial charge in [-0.2, -0.15) is 0 Å². The normalized spacial score (nSPS) is 20.1. The fourth-order valence-electron chi connectivity index (χ4n) is 3.20. The molecule has 2 heterocycles. The van der Waals surface area contributed by atoms with Crippen molar-refractivity contribution in [2.45, 2.75) is 18.6 Å². The fraction of sp³-hybridized carbons (Fsp3) is 0.211. The number of pyridine rings is 1. The molecule has 1 saturated heterocycles. The van der Waals surface area contributed by atoms with E-state index in [1.807, 2.05) is 0 Å². The molecule has 1 aromatic heterocycles. The van der Waals surface area contributed by atoms with Crippen LogP contribution < -0.4 is 5.32 Å². The molecule has 6 heteroatoms. The van der Waals surface area contributed by atoms with Crippen molar-refractivity contribution in [1.29, 1.82) is 0 Å². The third-order valence-corrected chi connectivity index (χ3v) is 4.41. The molecule has 2 aromatic carbocycles. The predicted octanol–water partition coefficient (Wildman–Crippen LogP) is 4.59. The average molecular weight is 344 g/mol. The van der Waals surface area contributed by atoms with Gasteiger partial charge in [0.25, 0.3) is 0 Å². The van der Waals surface area contributed by atoms with Crippen LogP contribution >= 0.6 is 0 Å². The molecule has 128 valence electrons. The Labute approximate surface area is 142 Å². The van der Waals surface area contributed by atoms with E-state index in [0.717, 1.165) is 17.1 Å². The van der Waals surface area contributed by atoms with Gasteiger partial charge in [-0.1, -0.05) is 6.07 Å². The summed E-state index contributed by atoms with van der Waals surface area (Å²) >= 11 is 0. The van der Waals surface area contributed by atoms with Crippen LogP contribution in [-0.2, 0) is 4.74 Å². The lowest BCUT2D eigenvalue weighted by Crippen LogP contribution is -2.23. The number of nitrogens with one attached hydrogen (secondary N) is 1. The van der Waals surface area contributed by atoms with Crippen molar-refractivity contribution in [2.24, 2.45) is 0 Å². The first-order valence-electron chi connectivity index (χ1n) is 7.99. The van der Waals surface area contributed by atoms with Gasteiger partial charge in [-0.3, -0.25) is 4.98 Å². The summed E-state index contributed by atoms with van der Waals surface area (Å²) in [4.78, 5) is 4.17. The van der Waals surface area contributed by atoms with Crippen molar-refractivity contribution in [3.8, 4) is 0 Å². The Morgan fingerprint density at radius 1 is 1.00 bits per heavy atom. The topological polar surface area (TPSA) is 34.1 Å². The maximum absolute atomic E-state index is 13.5. The summed E-state index contributed by atoms with van der Waals surface area (Å²) in [6.07, 6.45) is 1.93. The van der Waals surface area contributed by atoms with Crippen LogP contribution in [0.25, 0.3) is 10.9 Å². The largest absolute Gasteiger partial charge is 0.379 e. The Morgan fingerprint density at radius 2 is 1.88 bits per heavy atom. The van der Waals surface area contributed by atoms with Gasteiger partial charge in [0, 0.05) is 29.9 Å². The van der Waals surface area contributed by atoms with Crippen LogP contribution in [0.15, 0.2) is 48.7 Å². The quantitative estimate of drug-likeness (QED) is 0.754. The molecule has 2 atom stereocenters. The minimum Gasteiger partial charge on any atom is -0.379 e. The SMILES string of the molecule is Fc1ccc2c(NC3CCOC3c3ccc(F)c(F)c3)ccnc2c1. The first-order valence-corrected chi connectivity index (χ1v) is 7.99. The van der Waals surface area contributed by atoms with Gasteiger partial charge in [-0.05, 0) is 42.3 Å². The van der Waals surface area contributed by atoms with Gasteiger partial charge in [0.1, 0.15) is 11.9 Å². The highest BCUT2D eigenvalue weighted by Crippen LogP contribution is 2.33. The monoisotopic (exact) mass is 344 g/mol. The zero-order valence-electron chi connectivity index (χ0n) is 13.2. The molecule has 0 radical (unpaired) electrons. The zero-order chi connectivity index (χ0) is 17.4. The van der Waals surface area contributed by atoms with Crippen molar-refractivity contribution in [1.82, 2.24) is 4.98 Å². The zero-order valence-corrected chi connectivity index (χ0v) is 13.2. The number of nitrogens with zero attached hydrogens (tertiary/aromatic N) is 1. The van der Waals surface area contributed by atoms with E-state index in [9.17, 15) is 13.2 Å². The van der Waals surface area contributed by atoms with E-state index in [1.54, 1.807) is 18.3 Å². The third kappa shape index (κ3) is 3.05. The molecular formula is C19H15F3N2O. The van der Waals surface area contributed by atoms with Gasteiger partial charge in [0.05, 0.1) is 11.6 Å². The van der Waals surface area contributed by atoms with E-state index in [-0.39, 0.29) is 11.9 Å². The number of anilines is 1. The standard InChI is InChI=1S/C19H15F3N2O/c20-12-2-3-13-16(5-7-23-18(13)10-12)24-17-6-8-25-19(17)11-1-4-14(21)15(22)9-11/h1-5,7,9-10,17,19H,6,8H2,(H,23,24). The summed E-state index contributed by atoms with van der Waals surface area (Å²) in [6.45, 7) is 0.513. The van der Waals surface area contributed by atoms with Crippen molar-refractivity contribution in [2.75, 3.05) is 11.9 Å².